The van der Waals surface area contributed by atoms with Crippen LogP contribution < -0.4 is 5.73 Å². The lowest BCUT2D eigenvalue weighted by Crippen LogP contribution is -2.40. The summed E-state index contributed by atoms with van der Waals surface area (Å²) in [7, 11) is 0. The number of carbonyl (C=O) groups is 1. The molecule has 0 spiro atoms. The molecule has 1 unspecified atom stereocenters. The van der Waals surface area contributed by atoms with Crippen LogP contribution in [0.1, 0.15) is 29.8 Å². The van der Waals surface area contributed by atoms with Gasteiger partial charge in [-0.2, -0.15) is 5.10 Å². The second-order valence-electron chi connectivity index (χ2n) is 5.57. The molecule has 1 saturated heterocycles. The third-order valence-corrected chi connectivity index (χ3v) is 4.13. The molecule has 1 atom stereocenters. The van der Waals surface area contributed by atoms with Gasteiger partial charge in [-0.15, -0.1) is 0 Å². The molecular weight excluding hydrogens is 256 g/mol. The first kappa shape index (κ1) is 15.0. The highest BCUT2D eigenvalue weighted by atomic mass is 16.3. The van der Waals surface area contributed by atoms with Crippen LogP contribution in [0.2, 0.25) is 0 Å². The van der Waals surface area contributed by atoms with Crippen molar-refractivity contribution in [1.82, 2.24) is 14.7 Å². The van der Waals surface area contributed by atoms with E-state index in [0.717, 1.165) is 43.9 Å². The number of likely N-dealkylation sites (tertiary alicyclic amines) is 1. The fourth-order valence-electron chi connectivity index (χ4n) is 2.93. The number of rotatable bonds is 5. The second-order valence-corrected chi connectivity index (χ2v) is 5.57. The molecule has 0 bridgehead atoms. The quantitative estimate of drug-likeness (QED) is 0.806. The molecule has 1 amide bonds. The molecule has 0 radical (unpaired) electrons. The number of aliphatic hydroxyl groups excluding tert-OH is 1. The summed E-state index contributed by atoms with van der Waals surface area (Å²) in [6, 6.07) is 0. The molecule has 2 rings (SSSR count). The summed E-state index contributed by atoms with van der Waals surface area (Å²) >= 11 is 0. The predicted octanol–water partition coefficient (Wildman–Crippen LogP) is 0.190. The van der Waals surface area contributed by atoms with Crippen LogP contribution in [0.15, 0.2) is 0 Å². The number of hydrogen-bond donors (Lipinski definition) is 2. The summed E-state index contributed by atoms with van der Waals surface area (Å²) in [6.45, 7) is 7.16. The minimum atomic E-state index is -0.195. The molecule has 112 valence electrons. The van der Waals surface area contributed by atoms with Crippen LogP contribution in [-0.4, -0.2) is 45.4 Å². The van der Waals surface area contributed by atoms with Crippen molar-refractivity contribution in [3.05, 3.63) is 17.0 Å². The highest BCUT2D eigenvalue weighted by Gasteiger charge is 2.25. The molecule has 1 aromatic heterocycles. The predicted molar refractivity (Wildman–Crippen MR) is 76.0 cm³/mol. The van der Waals surface area contributed by atoms with E-state index in [1.165, 1.54) is 5.56 Å². The van der Waals surface area contributed by atoms with E-state index in [2.05, 4.69) is 10.00 Å². The largest absolute Gasteiger partial charge is 0.394 e. The zero-order valence-electron chi connectivity index (χ0n) is 12.3. The third-order valence-electron chi connectivity index (χ3n) is 4.13. The van der Waals surface area contributed by atoms with Crippen molar-refractivity contribution < 1.29 is 9.90 Å². The first-order chi connectivity index (χ1) is 9.52. The van der Waals surface area contributed by atoms with Gasteiger partial charge in [0.25, 0.3) is 0 Å². The van der Waals surface area contributed by atoms with Crippen LogP contribution in [0.3, 0.4) is 0 Å². The maximum atomic E-state index is 11.3. The lowest BCUT2D eigenvalue weighted by Gasteiger charge is -2.31. The summed E-state index contributed by atoms with van der Waals surface area (Å²) in [5, 5.41) is 13.5. The van der Waals surface area contributed by atoms with E-state index < -0.39 is 0 Å². The van der Waals surface area contributed by atoms with Gasteiger partial charge in [0, 0.05) is 24.3 Å². The molecule has 1 aliphatic rings. The normalized spacial score (nSPS) is 20.2. The third kappa shape index (κ3) is 3.19. The Kier molecular flexibility index (Phi) is 4.77. The Morgan fingerprint density at radius 2 is 2.25 bits per heavy atom. The number of amides is 1. The van der Waals surface area contributed by atoms with Crippen molar-refractivity contribution in [3.63, 3.8) is 0 Å². The van der Waals surface area contributed by atoms with Crippen molar-refractivity contribution in [3.8, 4) is 0 Å². The Hall–Kier alpha value is -1.40. The number of primary amides is 1. The van der Waals surface area contributed by atoms with Crippen LogP contribution in [0, 0.1) is 19.8 Å². The van der Waals surface area contributed by atoms with E-state index in [4.69, 9.17) is 10.8 Å². The molecule has 3 N–H and O–H groups in total. The fourth-order valence-corrected chi connectivity index (χ4v) is 2.93. The number of nitrogens with zero attached hydrogens (tertiary/aromatic N) is 3. The van der Waals surface area contributed by atoms with Crippen LogP contribution in [-0.2, 0) is 17.9 Å². The average molecular weight is 280 g/mol. The molecule has 2 heterocycles. The Morgan fingerprint density at radius 3 is 2.90 bits per heavy atom. The summed E-state index contributed by atoms with van der Waals surface area (Å²) < 4.78 is 1.85. The standard InChI is InChI=1S/C14H24N4O2/c1-10-13(11(2)18(16-10)6-7-19)9-17-5-3-4-12(8-17)14(15)20/h12,19H,3-9H2,1-2H3,(H2,15,20). The molecule has 0 saturated carbocycles. The lowest BCUT2D eigenvalue weighted by atomic mass is 9.97. The van der Waals surface area contributed by atoms with Crippen molar-refractivity contribution in [2.75, 3.05) is 19.7 Å². The van der Waals surface area contributed by atoms with Crippen LogP contribution >= 0.6 is 0 Å². The smallest absolute Gasteiger partial charge is 0.221 e. The van der Waals surface area contributed by atoms with Crippen molar-refractivity contribution >= 4 is 5.91 Å². The zero-order chi connectivity index (χ0) is 14.7. The maximum Gasteiger partial charge on any atom is 0.221 e. The molecule has 0 aromatic carbocycles. The monoisotopic (exact) mass is 280 g/mol. The Labute approximate surface area is 119 Å². The van der Waals surface area contributed by atoms with E-state index in [1.807, 2.05) is 18.5 Å². The van der Waals surface area contributed by atoms with E-state index in [9.17, 15) is 4.79 Å². The molecule has 20 heavy (non-hydrogen) atoms. The Morgan fingerprint density at radius 1 is 1.50 bits per heavy atom. The molecule has 1 fully saturated rings. The summed E-state index contributed by atoms with van der Waals surface area (Å²) in [5.74, 6) is -0.226. The second kappa shape index (κ2) is 6.37. The molecule has 6 nitrogen and oxygen atoms in total. The van der Waals surface area contributed by atoms with E-state index in [1.54, 1.807) is 0 Å². The fraction of sp³-hybridized carbons (Fsp3) is 0.714. The lowest BCUT2D eigenvalue weighted by molar-refractivity contribution is -0.123. The minimum Gasteiger partial charge on any atom is -0.394 e. The number of hydrogen-bond acceptors (Lipinski definition) is 4. The van der Waals surface area contributed by atoms with Gasteiger partial charge in [-0.1, -0.05) is 0 Å². The van der Waals surface area contributed by atoms with E-state index in [-0.39, 0.29) is 18.4 Å². The van der Waals surface area contributed by atoms with Gasteiger partial charge in [-0.3, -0.25) is 14.4 Å². The van der Waals surface area contributed by atoms with Crippen molar-refractivity contribution in [2.24, 2.45) is 11.7 Å². The molecular formula is C14H24N4O2. The van der Waals surface area contributed by atoms with Gasteiger partial charge in [-0.05, 0) is 33.2 Å². The molecule has 6 heteroatoms. The molecule has 1 aliphatic heterocycles. The molecule has 0 aliphatic carbocycles. The Bertz CT molecular complexity index is 484. The van der Waals surface area contributed by atoms with Gasteiger partial charge in [-0.25, -0.2) is 0 Å². The SMILES string of the molecule is Cc1nn(CCO)c(C)c1CN1CCCC(C(N)=O)C1. The highest BCUT2D eigenvalue weighted by Crippen LogP contribution is 2.21. The van der Waals surface area contributed by atoms with Gasteiger partial charge < -0.3 is 10.8 Å². The average Bonchev–Trinajstić information content (AvgIpc) is 2.67. The first-order valence-corrected chi connectivity index (χ1v) is 7.18. The van der Waals surface area contributed by atoms with Gasteiger partial charge in [0.1, 0.15) is 0 Å². The van der Waals surface area contributed by atoms with Crippen molar-refractivity contribution in [2.45, 2.75) is 39.8 Å². The zero-order valence-corrected chi connectivity index (χ0v) is 12.3. The van der Waals surface area contributed by atoms with Crippen molar-refractivity contribution in [1.29, 1.82) is 0 Å². The highest BCUT2D eigenvalue weighted by molar-refractivity contribution is 5.76. The number of carbonyl (C=O) groups excluding carboxylic acids is 1. The van der Waals surface area contributed by atoms with Gasteiger partial charge in [0.15, 0.2) is 0 Å². The topological polar surface area (TPSA) is 84.4 Å². The Balaban J connectivity index is 2.08. The number of aliphatic hydroxyl groups is 1. The van der Waals surface area contributed by atoms with Gasteiger partial charge in [0.05, 0.1) is 24.8 Å². The van der Waals surface area contributed by atoms with Crippen LogP contribution in [0.5, 0.6) is 0 Å². The number of aryl methyl sites for hydroxylation is 1. The maximum absolute atomic E-state index is 11.3. The summed E-state index contributed by atoms with van der Waals surface area (Å²) in [5.41, 5.74) is 8.71. The first-order valence-electron chi connectivity index (χ1n) is 7.18. The van der Waals surface area contributed by atoms with E-state index >= 15 is 0 Å². The number of piperidine rings is 1. The van der Waals surface area contributed by atoms with Crippen LogP contribution in [0.25, 0.3) is 0 Å². The van der Waals surface area contributed by atoms with Gasteiger partial charge in [0.2, 0.25) is 5.91 Å². The van der Waals surface area contributed by atoms with Crippen LogP contribution in [0.4, 0.5) is 0 Å². The number of nitrogens with two attached hydrogens (primary N) is 1. The molecule has 1 aromatic rings. The summed E-state index contributed by atoms with van der Waals surface area (Å²) in [6.07, 6.45) is 1.91. The minimum absolute atomic E-state index is 0.0307. The van der Waals surface area contributed by atoms with E-state index in [0.29, 0.717) is 6.54 Å². The summed E-state index contributed by atoms with van der Waals surface area (Å²) in [4.78, 5) is 13.6. The number of aromatic nitrogens is 2. The van der Waals surface area contributed by atoms with Gasteiger partial charge >= 0.3 is 0 Å².